The SMILES string of the molecule is CC1CCN(Cc2ccc(CN=C(N)NCCc3ccccn3)cc2)CC1.I. The van der Waals surface area contributed by atoms with Gasteiger partial charge in [0.1, 0.15) is 0 Å². The van der Waals surface area contributed by atoms with Gasteiger partial charge in [-0.25, -0.2) is 4.99 Å². The Morgan fingerprint density at radius 1 is 1.14 bits per heavy atom. The lowest BCUT2D eigenvalue weighted by molar-refractivity contribution is 0.185. The summed E-state index contributed by atoms with van der Waals surface area (Å²) < 4.78 is 0. The van der Waals surface area contributed by atoms with Gasteiger partial charge < -0.3 is 11.1 Å². The van der Waals surface area contributed by atoms with Crippen LogP contribution < -0.4 is 11.1 Å². The third-order valence-corrected chi connectivity index (χ3v) is 5.15. The fraction of sp³-hybridized carbons (Fsp3) is 0.455. The molecule has 0 amide bonds. The van der Waals surface area contributed by atoms with Gasteiger partial charge in [-0.15, -0.1) is 24.0 Å². The summed E-state index contributed by atoms with van der Waals surface area (Å²) in [6.45, 7) is 7.17. The fourth-order valence-corrected chi connectivity index (χ4v) is 3.33. The third kappa shape index (κ3) is 7.75. The first-order valence-electron chi connectivity index (χ1n) is 9.93. The molecule has 28 heavy (non-hydrogen) atoms. The van der Waals surface area contributed by atoms with Crippen molar-refractivity contribution in [1.82, 2.24) is 15.2 Å². The summed E-state index contributed by atoms with van der Waals surface area (Å²) >= 11 is 0. The van der Waals surface area contributed by atoms with Crippen LogP contribution in [0, 0.1) is 5.92 Å². The molecule has 0 bridgehead atoms. The average Bonchev–Trinajstić information content (AvgIpc) is 2.70. The van der Waals surface area contributed by atoms with Gasteiger partial charge in [0.25, 0.3) is 0 Å². The van der Waals surface area contributed by atoms with Gasteiger partial charge in [0.15, 0.2) is 5.96 Å². The molecule has 1 aromatic carbocycles. The van der Waals surface area contributed by atoms with Crippen LogP contribution in [0.3, 0.4) is 0 Å². The van der Waals surface area contributed by atoms with Crippen LogP contribution in [-0.4, -0.2) is 35.5 Å². The van der Waals surface area contributed by atoms with Crippen molar-refractivity contribution in [2.24, 2.45) is 16.6 Å². The van der Waals surface area contributed by atoms with E-state index in [0.29, 0.717) is 12.5 Å². The number of aromatic nitrogens is 1. The number of nitrogens with one attached hydrogen (secondary N) is 1. The smallest absolute Gasteiger partial charge is 0.188 e. The van der Waals surface area contributed by atoms with Crippen molar-refractivity contribution >= 4 is 29.9 Å². The summed E-state index contributed by atoms with van der Waals surface area (Å²) in [5.74, 6) is 1.36. The fourth-order valence-electron chi connectivity index (χ4n) is 3.33. The normalized spacial score (nSPS) is 15.8. The summed E-state index contributed by atoms with van der Waals surface area (Å²) in [5.41, 5.74) is 9.57. The minimum atomic E-state index is 0. The zero-order valence-corrected chi connectivity index (χ0v) is 19.0. The Morgan fingerprint density at radius 2 is 1.86 bits per heavy atom. The molecule has 1 aromatic heterocycles. The van der Waals surface area contributed by atoms with Crippen LogP contribution in [-0.2, 0) is 19.5 Å². The molecule has 2 aromatic rings. The molecule has 0 saturated carbocycles. The number of pyridine rings is 1. The first kappa shape index (κ1) is 22.6. The summed E-state index contributed by atoms with van der Waals surface area (Å²) in [7, 11) is 0. The summed E-state index contributed by atoms with van der Waals surface area (Å²) in [6.07, 6.45) is 5.28. The van der Waals surface area contributed by atoms with E-state index in [-0.39, 0.29) is 24.0 Å². The maximum atomic E-state index is 5.96. The molecule has 5 nitrogen and oxygen atoms in total. The van der Waals surface area contributed by atoms with Crippen LogP contribution in [0.4, 0.5) is 0 Å². The van der Waals surface area contributed by atoms with Crippen LogP contribution in [0.25, 0.3) is 0 Å². The number of aliphatic imine (C=N–C) groups is 1. The predicted molar refractivity (Wildman–Crippen MR) is 127 cm³/mol. The molecule has 0 spiro atoms. The Hall–Kier alpha value is -1.67. The first-order chi connectivity index (χ1) is 13.2. The van der Waals surface area contributed by atoms with Crippen molar-refractivity contribution in [3.63, 3.8) is 0 Å². The lowest BCUT2D eigenvalue weighted by atomic mass is 9.99. The van der Waals surface area contributed by atoms with Gasteiger partial charge in [-0.05, 0) is 55.1 Å². The molecule has 0 aliphatic carbocycles. The number of rotatable bonds is 7. The number of piperidine rings is 1. The Kier molecular flexibility index (Phi) is 9.70. The van der Waals surface area contributed by atoms with E-state index in [0.717, 1.165) is 31.1 Å². The molecule has 6 heteroatoms. The van der Waals surface area contributed by atoms with Crippen molar-refractivity contribution in [2.45, 2.75) is 39.3 Å². The number of hydrogen-bond donors (Lipinski definition) is 2. The van der Waals surface area contributed by atoms with Gasteiger partial charge in [0.2, 0.25) is 0 Å². The van der Waals surface area contributed by atoms with Gasteiger partial charge in [-0.3, -0.25) is 9.88 Å². The van der Waals surface area contributed by atoms with E-state index >= 15 is 0 Å². The molecule has 2 heterocycles. The number of benzene rings is 1. The molecule has 3 rings (SSSR count). The highest BCUT2D eigenvalue weighted by Crippen LogP contribution is 2.18. The summed E-state index contributed by atoms with van der Waals surface area (Å²) in [4.78, 5) is 11.3. The van der Waals surface area contributed by atoms with E-state index < -0.39 is 0 Å². The molecule has 3 N–H and O–H groups in total. The Morgan fingerprint density at radius 3 is 2.54 bits per heavy atom. The predicted octanol–water partition coefficient (Wildman–Crippen LogP) is 3.58. The zero-order chi connectivity index (χ0) is 18.9. The molecule has 1 fully saturated rings. The number of nitrogens with zero attached hydrogens (tertiary/aromatic N) is 3. The first-order valence-corrected chi connectivity index (χ1v) is 9.93. The molecular weight excluding hydrogens is 461 g/mol. The second kappa shape index (κ2) is 12.0. The van der Waals surface area contributed by atoms with E-state index in [1.165, 1.54) is 37.1 Å². The Bertz CT molecular complexity index is 709. The van der Waals surface area contributed by atoms with Crippen LogP contribution in [0.1, 0.15) is 36.6 Å². The summed E-state index contributed by atoms with van der Waals surface area (Å²) in [5, 5.41) is 3.15. The number of likely N-dealkylation sites (tertiary alicyclic amines) is 1. The van der Waals surface area contributed by atoms with Gasteiger partial charge in [-0.1, -0.05) is 37.3 Å². The highest BCUT2D eigenvalue weighted by molar-refractivity contribution is 14.0. The van der Waals surface area contributed by atoms with Crippen LogP contribution in [0.5, 0.6) is 0 Å². The number of hydrogen-bond acceptors (Lipinski definition) is 3. The Balaban J connectivity index is 0.00000280. The van der Waals surface area contributed by atoms with Crippen LogP contribution in [0.15, 0.2) is 53.7 Å². The molecule has 0 atom stereocenters. The lowest BCUT2D eigenvalue weighted by Crippen LogP contribution is -2.33. The molecule has 0 unspecified atom stereocenters. The van der Waals surface area contributed by atoms with Gasteiger partial charge in [0.05, 0.1) is 6.54 Å². The second-order valence-electron chi connectivity index (χ2n) is 7.47. The van der Waals surface area contributed by atoms with E-state index in [9.17, 15) is 0 Å². The van der Waals surface area contributed by atoms with Crippen molar-refractivity contribution < 1.29 is 0 Å². The topological polar surface area (TPSA) is 66.5 Å². The number of nitrogens with two attached hydrogens (primary N) is 1. The maximum Gasteiger partial charge on any atom is 0.188 e. The van der Waals surface area contributed by atoms with E-state index in [2.05, 4.69) is 51.4 Å². The monoisotopic (exact) mass is 493 g/mol. The quantitative estimate of drug-likeness (QED) is 0.352. The molecule has 1 aliphatic rings. The van der Waals surface area contributed by atoms with Gasteiger partial charge in [-0.2, -0.15) is 0 Å². The molecule has 1 aliphatic heterocycles. The number of guanidine groups is 1. The van der Waals surface area contributed by atoms with Crippen molar-refractivity contribution in [3.05, 3.63) is 65.5 Å². The van der Waals surface area contributed by atoms with E-state index in [1.54, 1.807) is 0 Å². The largest absolute Gasteiger partial charge is 0.370 e. The van der Waals surface area contributed by atoms with Gasteiger partial charge in [0, 0.05) is 31.4 Å². The minimum absolute atomic E-state index is 0. The van der Waals surface area contributed by atoms with Crippen LogP contribution in [0.2, 0.25) is 0 Å². The summed E-state index contributed by atoms with van der Waals surface area (Å²) in [6, 6.07) is 14.7. The van der Waals surface area contributed by atoms with Gasteiger partial charge >= 0.3 is 0 Å². The standard InChI is InChI=1S/C22H31N5.HI/c1-18-10-14-27(15-11-18)17-20-7-5-19(6-8-20)16-26-22(23)25-13-9-21-4-2-3-12-24-21;/h2-8,12,18H,9-11,13-17H2,1H3,(H3,23,25,26);1H. The highest BCUT2D eigenvalue weighted by atomic mass is 127. The van der Waals surface area contributed by atoms with Crippen molar-refractivity contribution in [1.29, 1.82) is 0 Å². The Labute approximate surface area is 185 Å². The lowest BCUT2D eigenvalue weighted by Gasteiger charge is -2.30. The third-order valence-electron chi connectivity index (χ3n) is 5.15. The average molecular weight is 493 g/mol. The van der Waals surface area contributed by atoms with E-state index in [4.69, 9.17) is 5.73 Å². The number of halogens is 1. The molecule has 0 radical (unpaired) electrons. The zero-order valence-electron chi connectivity index (χ0n) is 16.7. The van der Waals surface area contributed by atoms with E-state index in [1.807, 2.05) is 24.4 Å². The van der Waals surface area contributed by atoms with Crippen molar-refractivity contribution in [2.75, 3.05) is 19.6 Å². The molecular formula is C22H32IN5. The van der Waals surface area contributed by atoms with Crippen LogP contribution >= 0.6 is 24.0 Å². The molecule has 152 valence electrons. The maximum absolute atomic E-state index is 5.96. The highest BCUT2D eigenvalue weighted by Gasteiger charge is 2.15. The molecule has 1 saturated heterocycles. The minimum Gasteiger partial charge on any atom is -0.370 e. The second-order valence-corrected chi connectivity index (χ2v) is 7.47. The van der Waals surface area contributed by atoms with Crippen molar-refractivity contribution in [3.8, 4) is 0 Å².